The second-order valence-corrected chi connectivity index (χ2v) is 8.60. The largest absolute Gasteiger partial charge is 0.452 e. The molecule has 4 aliphatic rings. The van der Waals surface area contributed by atoms with Crippen LogP contribution in [0.1, 0.15) is 49.7 Å². The van der Waals surface area contributed by atoms with E-state index in [1.165, 1.54) is 25.3 Å². The number of aryl methyl sites for hydroxylation is 1. The van der Waals surface area contributed by atoms with Gasteiger partial charge in [0, 0.05) is 11.6 Å². The Morgan fingerprint density at radius 1 is 1.15 bits per heavy atom. The van der Waals surface area contributed by atoms with E-state index in [9.17, 15) is 9.59 Å². The third-order valence-electron chi connectivity index (χ3n) is 6.24. The number of amides is 1. The van der Waals surface area contributed by atoms with Gasteiger partial charge >= 0.3 is 5.97 Å². The van der Waals surface area contributed by atoms with Crippen LogP contribution in [0.2, 0.25) is 0 Å². The lowest BCUT2D eigenvalue weighted by molar-refractivity contribution is -0.145. The Morgan fingerprint density at radius 2 is 1.81 bits per heavy atom. The van der Waals surface area contributed by atoms with Gasteiger partial charge in [-0.15, -0.1) is 0 Å². The fourth-order valence-corrected chi connectivity index (χ4v) is 5.72. The Labute approximate surface area is 155 Å². The molecule has 4 fully saturated rings. The first-order valence-electron chi connectivity index (χ1n) is 9.72. The van der Waals surface area contributed by atoms with Gasteiger partial charge in [-0.2, -0.15) is 0 Å². The zero-order valence-electron chi connectivity index (χ0n) is 15.4. The highest BCUT2D eigenvalue weighted by atomic mass is 16.5. The van der Waals surface area contributed by atoms with E-state index in [1.54, 1.807) is 6.08 Å². The van der Waals surface area contributed by atoms with Crippen molar-refractivity contribution in [2.24, 2.45) is 17.8 Å². The first-order valence-corrected chi connectivity index (χ1v) is 9.72. The predicted octanol–water partition coefficient (Wildman–Crippen LogP) is 3.64. The number of rotatable bonds is 5. The predicted molar refractivity (Wildman–Crippen MR) is 100 cm³/mol. The number of carbonyl (C=O) groups is 2. The fourth-order valence-electron chi connectivity index (χ4n) is 5.72. The highest BCUT2D eigenvalue weighted by molar-refractivity contribution is 5.89. The third-order valence-corrected chi connectivity index (χ3v) is 6.24. The van der Waals surface area contributed by atoms with E-state index in [2.05, 4.69) is 5.32 Å². The Balaban J connectivity index is 1.27. The molecule has 0 spiro atoms. The van der Waals surface area contributed by atoms with Crippen LogP contribution in [0, 0.1) is 24.7 Å². The molecule has 4 saturated carbocycles. The van der Waals surface area contributed by atoms with Gasteiger partial charge in [-0.25, -0.2) is 4.79 Å². The first kappa shape index (κ1) is 17.3. The lowest BCUT2D eigenvalue weighted by Gasteiger charge is -2.56. The van der Waals surface area contributed by atoms with E-state index in [0.29, 0.717) is 0 Å². The minimum atomic E-state index is -0.479. The monoisotopic (exact) mass is 353 g/mol. The third kappa shape index (κ3) is 3.84. The molecule has 0 aliphatic heterocycles. The van der Waals surface area contributed by atoms with Gasteiger partial charge in [-0.05, 0) is 74.8 Å². The first-order chi connectivity index (χ1) is 12.5. The zero-order chi connectivity index (χ0) is 18.1. The number of nitrogens with one attached hydrogen (secondary N) is 1. The maximum atomic E-state index is 12.3. The van der Waals surface area contributed by atoms with E-state index in [-0.39, 0.29) is 18.1 Å². The second-order valence-electron chi connectivity index (χ2n) is 8.60. The van der Waals surface area contributed by atoms with E-state index in [0.717, 1.165) is 48.1 Å². The fraction of sp³-hybridized carbons (Fsp3) is 0.545. The van der Waals surface area contributed by atoms with Gasteiger partial charge in [0.05, 0.1) is 0 Å². The molecule has 138 valence electrons. The van der Waals surface area contributed by atoms with E-state index in [4.69, 9.17) is 4.74 Å². The highest BCUT2D eigenvalue weighted by Gasteiger charge is 2.51. The molecule has 1 amide bonds. The summed E-state index contributed by atoms with van der Waals surface area (Å²) in [6, 6.07) is 7.86. The summed E-state index contributed by atoms with van der Waals surface area (Å²) >= 11 is 0. The lowest BCUT2D eigenvalue weighted by Crippen LogP contribution is -2.60. The molecule has 4 nitrogen and oxygen atoms in total. The second kappa shape index (κ2) is 6.90. The molecule has 0 heterocycles. The van der Waals surface area contributed by atoms with Crippen LogP contribution < -0.4 is 5.32 Å². The van der Waals surface area contributed by atoms with Crippen molar-refractivity contribution in [1.29, 1.82) is 0 Å². The van der Waals surface area contributed by atoms with Crippen LogP contribution in [0.3, 0.4) is 0 Å². The molecular weight excluding hydrogens is 326 g/mol. The molecule has 1 N–H and O–H groups in total. The standard InChI is InChI=1S/C22H27NO3/c1-15-3-2-4-16(7-15)5-6-21(25)26-14-20(24)23-22-11-17-8-18(12-22)10-19(9-17)13-22/h2-7,17-19H,8-14H2,1H3,(H,23,24)/b6-5+. The normalized spacial score (nSPS) is 32.0. The summed E-state index contributed by atoms with van der Waals surface area (Å²) in [6.45, 7) is 1.81. The summed E-state index contributed by atoms with van der Waals surface area (Å²) in [4.78, 5) is 24.2. The Bertz CT molecular complexity index is 701. The molecule has 0 aromatic heterocycles. The molecule has 0 saturated heterocycles. The van der Waals surface area contributed by atoms with Crippen molar-refractivity contribution in [1.82, 2.24) is 5.32 Å². The van der Waals surface area contributed by atoms with Crippen LogP contribution in [0.4, 0.5) is 0 Å². The number of esters is 1. The average molecular weight is 353 g/mol. The quantitative estimate of drug-likeness (QED) is 0.649. The Hall–Kier alpha value is -2.10. The van der Waals surface area contributed by atoms with Crippen molar-refractivity contribution >= 4 is 18.0 Å². The number of hydrogen-bond acceptors (Lipinski definition) is 3. The molecule has 1 aromatic carbocycles. The smallest absolute Gasteiger partial charge is 0.331 e. The summed E-state index contributed by atoms with van der Waals surface area (Å²) in [5.41, 5.74) is 2.05. The molecule has 4 aliphatic carbocycles. The molecule has 26 heavy (non-hydrogen) atoms. The molecule has 0 radical (unpaired) electrons. The van der Waals surface area contributed by atoms with E-state index >= 15 is 0 Å². The van der Waals surface area contributed by atoms with E-state index in [1.807, 2.05) is 31.2 Å². The van der Waals surface area contributed by atoms with Gasteiger partial charge in [0.25, 0.3) is 5.91 Å². The number of benzene rings is 1. The van der Waals surface area contributed by atoms with Crippen molar-refractivity contribution in [2.45, 2.75) is 51.0 Å². The molecule has 4 heteroatoms. The molecule has 0 unspecified atom stereocenters. The van der Waals surface area contributed by atoms with Crippen LogP contribution in [0.15, 0.2) is 30.3 Å². The maximum Gasteiger partial charge on any atom is 0.331 e. The summed E-state index contributed by atoms with van der Waals surface area (Å²) in [6.07, 6.45) is 10.4. The van der Waals surface area contributed by atoms with Gasteiger partial charge in [0.15, 0.2) is 6.61 Å². The van der Waals surface area contributed by atoms with Crippen LogP contribution in [-0.2, 0) is 14.3 Å². The maximum absolute atomic E-state index is 12.3. The SMILES string of the molecule is Cc1cccc(/C=C/C(=O)OCC(=O)NC23CC4CC(CC(C4)C2)C3)c1. The number of ether oxygens (including phenoxy) is 1. The summed E-state index contributed by atoms with van der Waals surface area (Å²) in [7, 11) is 0. The zero-order valence-corrected chi connectivity index (χ0v) is 15.4. The average Bonchev–Trinajstić information content (AvgIpc) is 2.56. The van der Waals surface area contributed by atoms with Crippen molar-refractivity contribution in [3.63, 3.8) is 0 Å². The van der Waals surface area contributed by atoms with Crippen LogP contribution in [0.25, 0.3) is 6.08 Å². The minimum absolute atomic E-state index is 0.0321. The van der Waals surface area contributed by atoms with Gasteiger partial charge in [-0.3, -0.25) is 4.79 Å². The molecule has 4 bridgehead atoms. The number of carbonyl (C=O) groups excluding carboxylic acids is 2. The van der Waals surface area contributed by atoms with Crippen molar-refractivity contribution in [3.8, 4) is 0 Å². The minimum Gasteiger partial charge on any atom is -0.452 e. The molecule has 1 aromatic rings. The van der Waals surface area contributed by atoms with Crippen LogP contribution in [0.5, 0.6) is 0 Å². The lowest BCUT2D eigenvalue weighted by atomic mass is 9.53. The van der Waals surface area contributed by atoms with Gasteiger partial charge in [0.1, 0.15) is 0 Å². The van der Waals surface area contributed by atoms with E-state index < -0.39 is 5.97 Å². The van der Waals surface area contributed by atoms with Gasteiger partial charge < -0.3 is 10.1 Å². The van der Waals surface area contributed by atoms with Crippen LogP contribution >= 0.6 is 0 Å². The van der Waals surface area contributed by atoms with Crippen molar-refractivity contribution in [2.75, 3.05) is 6.61 Å². The topological polar surface area (TPSA) is 55.4 Å². The Morgan fingerprint density at radius 3 is 2.42 bits per heavy atom. The number of hydrogen-bond donors (Lipinski definition) is 1. The summed E-state index contributed by atoms with van der Waals surface area (Å²) in [5, 5.41) is 3.22. The van der Waals surface area contributed by atoms with Gasteiger partial charge in [-0.1, -0.05) is 29.8 Å². The summed E-state index contributed by atoms with van der Waals surface area (Å²) in [5.74, 6) is 1.69. The van der Waals surface area contributed by atoms with Crippen molar-refractivity contribution in [3.05, 3.63) is 41.5 Å². The molecule has 5 rings (SSSR count). The Kier molecular flexibility index (Phi) is 4.60. The summed E-state index contributed by atoms with van der Waals surface area (Å²) < 4.78 is 5.13. The highest BCUT2D eigenvalue weighted by Crippen LogP contribution is 2.55. The molecular formula is C22H27NO3. The van der Waals surface area contributed by atoms with Gasteiger partial charge in [0.2, 0.25) is 0 Å². The van der Waals surface area contributed by atoms with Crippen molar-refractivity contribution < 1.29 is 14.3 Å². The molecule has 0 atom stereocenters. The van der Waals surface area contributed by atoms with Crippen LogP contribution in [-0.4, -0.2) is 24.0 Å².